The van der Waals surface area contributed by atoms with Crippen LogP contribution in [0.2, 0.25) is 0 Å². The summed E-state index contributed by atoms with van der Waals surface area (Å²) in [6, 6.07) is 15.6. The molecule has 0 saturated heterocycles. The van der Waals surface area contributed by atoms with E-state index in [1.807, 2.05) is 25.1 Å². The second-order valence-corrected chi connectivity index (χ2v) is 10.4. The van der Waals surface area contributed by atoms with Crippen LogP contribution in [0.25, 0.3) is 22.4 Å². The summed E-state index contributed by atoms with van der Waals surface area (Å²) in [5.74, 6) is -1.22. The average molecular weight is 509 g/mol. The molecular weight excluding hydrogens is 480 g/mol. The Morgan fingerprint density at radius 2 is 1.82 bits per heavy atom. The summed E-state index contributed by atoms with van der Waals surface area (Å²) in [6.45, 7) is 12.1. The van der Waals surface area contributed by atoms with Gasteiger partial charge in [-0.05, 0) is 89.9 Å². The molecule has 0 unspecified atom stereocenters. The number of H-pyrrole nitrogens is 1. The highest BCUT2D eigenvalue weighted by molar-refractivity contribution is 5.90. The van der Waals surface area contributed by atoms with Gasteiger partial charge in [-0.25, -0.2) is 9.48 Å². The van der Waals surface area contributed by atoms with Gasteiger partial charge in [0.1, 0.15) is 5.69 Å². The molecule has 0 aliphatic heterocycles. The Bertz CT molecular complexity index is 1720. The summed E-state index contributed by atoms with van der Waals surface area (Å²) in [5.41, 5.74) is 6.31. The first kappa shape index (κ1) is 25.0. The van der Waals surface area contributed by atoms with Gasteiger partial charge in [0.25, 0.3) is 5.56 Å². The lowest BCUT2D eigenvalue weighted by molar-refractivity contribution is 0.0697. The normalized spacial score (nSPS) is 14.3. The van der Waals surface area contributed by atoms with Gasteiger partial charge in [0, 0.05) is 5.56 Å². The molecule has 0 spiro atoms. The van der Waals surface area contributed by atoms with Gasteiger partial charge in [0.05, 0.1) is 16.9 Å². The molecule has 0 radical (unpaired) electrons. The number of hydrogen-bond acceptors (Lipinski definition) is 5. The Balaban J connectivity index is 1.53. The van der Waals surface area contributed by atoms with E-state index in [0.29, 0.717) is 22.5 Å². The molecule has 3 N–H and O–H groups in total. The highest BCUT2D eigenvalue weighted by Gasteiger charge is 2.32. The molecule has 0 fully saturated rings. The number of phenols is 1. The van der Waals surface area contributed by atoms with Gasteiger partial charge in [0.2, 0.25) is 0 Å². The summed E-state index contributed by atoms with van der Waals surface area (Å²) < 4.78 is 1.44. The molecular formula is C30H28N4O4. The highest BCUT2D eigenvalue weighted by Crippen LogP contribution is 2.45. The van der Waals surface area contributed by atoms with E-state index in [2.05, 4.69) is 35.8 Å². The fourth-order valence-electron chi connectivity index (χ4n) is 5.08. The van der Waals surface area contributed by atoms with E-state index in [-0.39, 0.29) is 33.7 Å². The van der Waals surface area contributed by atoms with Crippen molar-refractivity contribution in [3.05, 3.63) is 99.5 Å². The summed E-state index contributed by atoms with van der Waals surface area (Å²) in [5, 5.41) is 31.8. The minimum Gasteiger partial charge on any atom is -0.505 e. The minimum atomic E-state index is -1.06. The third-order valence-electron chi connectivity index (χ3n) is 6.98. The van der Waals surface area contributed by atoms with Gasteiger partial charge in [-0.15, -0.1) is 10.2 Å². The Morgan fingerprint density at radius 3 is 2.55 bits per heavy atom. The van der Waals surface area contributed by atoms with E-state index in [9.17, 15) is 19.8 Å². The predicted octanol–water partition coefficient (Wildman–Crippen LogP) is 6.96. The number of aromatic amines is 1. The van der Waals surface area contributed by atoms with Gasteiger partial charge in [-0.1, -0.05) is 38.6 Å². The molecule has 4 aromatic rings. The third kappa shape index (κ3) is 4.24. The van der Waals surface area contributed by atoms with E-state index in [1.165, 1.54) is 16.8 Å². The average Bonchev–Trinajstić information content (AvgIpc) is 3.29. The van der Waals surface area contributed by atoms with E-state index in [4.69, 9.17) is 0 Å². The highest BCUT2D eigenvalue weighted by atomic mass is 16.4. The van der Waals surface area contributed by atoms with E-state index >= 15 is 0 Å². The van der Waals surface area contributed by atoms with Crippen LogP contribution in [0, 0.1) is 13.8 Å². The molecule has 38 heavy (non-hydrogen) atoms. The molecule has 8 nitrogen and oxygen atoms in total. The molecule has 1 aliphatic rings. The topological polar surface area (TPSA) is 120 Å². The van der Waals surface area contributed by atoms with Crippen molar-refractivity contribution in [1.29, 1.82) is 0 Å². The first-order chi connectivity index (χ1) is 18.0. The number of fused-ring (bicyclic) bond motifs is 1. The summed E-state index contributed by atoms with van der Waals surface area (Å²) in [7, 11) is 0. The third-order valence-corrected chi connectivity index (χ3v) is 6.98. The summed E-state index contributed by atoms with van der Waals surface area (Å²) >= 11 is 0. The number of azo groups is 1. The summed E-state index contributed by atoms with van der Waals surface area (Å²) in [4.78, 5) is 24.7. The molecule has 3 aromatic carbocycles. The van der Waals surface area contributed by atoms with Crippen molar-refractivity contribution in [3.8, 4) is 22.6 Å². The van der Waals surface area contributed by atoms with Crippen molar-refractivity contribution < 1.29 is 15.0 Å². The number of carboxylic acids is 1. The predicted molar refractivity (Wildman–Crippen MR) is 147 cm³/mol. The number of nitrogens with zero attached hydrogens (tertiary/aromatic N) is 3. The second kappa shape index (κ2) is 8.99. The second-order valence-electron chi connectivity index (χ2n) is 10.4. The maximum Gasteiger partial charge on any atom is 0.335 e. The van der Waals surface area contributed by atoms with E-state index in [1.54, 1.807) is 31.2 Å². The SMILES string of the molecule is C=C1CC(C)(C)c2cc(-n3[nH]c(C)c(N=Nc4cc(C)cc(-c5cccc(C(=O)O)c5)c4O)c3=O)ccc21. The van der Waals surface area contributed by atoms with Crippen LogP contribution >= 0.6 is 0 Å². The maximum atomic E-state index is 13.3. The fourth-order valence-corrected chi connectivity index (χ4v) is 5.08. The van der Waals surface area contributed by atoms with E-state index < -0.39 is 5.97 Å². The standard InChI is InChI=1S/C30H28N4O4/c1-16-11-23(19-7-6-8-20(13-19)29(37)38)27(35)25(12-16)31-32-26-18(3)33-34(28(26)36)21-9-10-22-17(2)15-30(4,5)24(22)14-21/h6-14,33,35H,2,15H2,1,3-5H3,(H,37,38). The Morgan fingerprint density at radius 1 is 1.05 bits per heavy atom. The monoisotopic (exact) mass is 508 g/mol. The van der Waals surface area contributed by atoms with Crippen LogP contribution in [0.3, 0.4) is 0 Å². The van der Waals surface area contributed by atoms with Crippen LogP contribution in [-0.4, -0.2) is 26.0 Å². The minimum absolute atomic E-state index is 0.0689. The number of carboxylic acid groups (broad SMARTS) is 1. The van der Waals surface area contributed by atoms with Crippen molar-refractivity contribution in [3.63, 3.8) is 0 Å². The Labute approximate surface area is 219 Å². The molecule has 0 atom stereocenters. The van der Waals surface area contributed by atoms with Crippen molar-refractivity contribution in [1.82, 2.24) is 9.78 Å². The lowest BCUT2D eigenvalue weighted by Gasteiger charge is -2.19. The first-order valence-corrected chi connectivity index (χ1v) is 12.2. The zero-order valence-electron chi connectivity index (χ0n) is 21.7. The number of phenolic OH excluding ortho intramolecular Hbond substituents is 1. The first-order valence-electron chi connectivity index (χ1n) is 12.2. The van der Waals surface area contributed by atoms with Crippen molar-refractivity contribution in [2.45, 2.75) is 39.5 Å². The van der Waals surface area contributed by atoms with Crippen molar-refractivity contribution in [2.24, 2.45) is 10.2 Å². The molecule has 0 amide bonds. The van der Waals surface area contributed by atoms with E-state index in [0.717, 1.165) is 28.7 Å². The lowest BCUT2D eigenvalue weighted by Crippen LogP contribution is -2.16. The molecule has 0 bridgehead atoms. The number of carbonyl (C=O) groups is 1. The number of nitrogens with one attached hydrogen (secondary N) is 1. The molecule has 192 valence electrons. The number of rotatable bonds is 5. The van der Waals surface area contributed by atoms with Gasteiger partial charge in [0.15, 0.2) is 11.4 Å². The zero-order valence-corrected chi connectivity index (χ0v) is 21.7. The lowest BCUT2D eigenvalue weighted by atomic mass is 9.86. The van der Waals surface area contributed by atoms with Crippen molar-refractivity contribution >= 4 is 22.9 Å². The number of aromatic nitrogens is 2. The number of aryl methyl sites for hydroxylation is 2. The van der Waals surface area contributed by atoms with Gasteiger partial charge >= 0.3 is 5.97 Å². The molecule has 0 saturated carbocycles. The van der Waals surface area contributed by atoms with Gasteiger partial charge in [-0.2, -0.15) is 0 Å². The Hall–Kier alpha value is -4.72. The van der Waals surface area contributed by atoms with Crippen LogP contribution in [0.15, 0.2) is 76.2 Å². The zero-order chi connectivity index (χ0) is 27.4. The number of aromatic carboxylic acids is 1. The molecule has 1 aliphatic carbocycles. The number of benzene rings is 3. The van der Waals surface area contributed by atoms with Gasteiger partial charge < -0.3 is 10.2 Å². The van der Waals surface area contributed by atoms with Crippen LogP contribution in [0.5, 0.6) is 5.75 Å². The quantitative estimate of drug-likeness (QED) is 0.252. The number of aromatic hydroxyl groups is 1. The van der Waals surface area contributed by atoms with Crippen LogP contribution < -0.4 is 5.56 Å². The fraction of sp³-hybridized carbons (Fsp3) is 0.200. The Kier molecular flexibility index (Phi) is 5.90. The van der Waals surface area contributed by atoms with Crippen molar-refractivity contribution in [2.75, 3.05) is 0 Å². The molecule has 5 rings (SSSR count). The molecule has 1 heterocycles. The molecule has 1 aromatic heterocycles. The largest absolute Gasteiger partial charge is 0.505 e. The maximum absolute atomic E-state index is 13.3. The summed E-state index contributed by atoms with van der Waals surface area (Å²) in [6.07, 6.45) is 0.868. The number of hydrogen-bond donors (Lipinski definition) is 3. The molecule has 8 heteroatoms. The van der Waals surface area contributed by atoms with Crippen LogP contribution in [0.4, 0.5) is 11.4 Å². The van der Waals surface area contributed by atoms with Crippen LogP contribution in [0.1, 0.15) is 53.0 Å². The smallest absolute Gasteiger partial charge is 0.335 e. The van der Waals surface area contributed by atoms with Gasteiger partial charge in [-0.3, -0.25) is 9.89 Å². The van der Waals surface area contributed by atoms with Crippen LogP contribution in [-0.2, 0) is 5.41 Å². The number of allylic oxidation sites excluding steroid dienone is 1.